The van der Waals surface area contributed by atoms with Crippen molar-refractivity contribution >= 4 is 39.2 Å². The second-order valence-corrected chi connectivity index (χ2v) is 6.23. The highest BCUT2D eigenvalue weighted by Crippen LogP contribution is 2.17. The van der Waals surface area contributed by atoms with Crippen LogP contribution in [-0.4, -0.2) is 22.3 Å². The van der Waals surface area contributed by atoms with Crippen LogP contribution in [0.5, 0.6) is 0 Å². The first-order chi connectivity index (χ1) is 10.8. The molecular formula is C17H20BrN3S. The SMILES string of the molecule is CCc1ccc(N2C=CCC(/C=C/C=C(/CBr)SC)=N2)nc1. The van der Waals surface area contributed by atoms with Crippen LogP contribution in [0.2, 0.25) is 0 Å². The minimum Gasteiger partial charge on any atom is -0.237 e. The molecule has 22 heavy (non-hydrogen) atoms. The second kappa shape index (κ2) is 8.96. The van der Waals surface area contributed by atoms with Gasteiger partial charge in [0, 0.05) is 24.1 Å². The van der Waals surface area contributed by atoms with Gasteiger partial charge in [-0.2, -0.15) is 5.10 Å². The molecule has 0 aromatic carbocycles. The molecule has 0 fully saturated rings. The van der Waals surface area contributed by atoms with Crippen molar-refractivity contribution in [1.29, 1.82) is 0 Å². The standard InChI is InChI=1S/C17H20BrN3S/c1-3-14-9-10-17(19-13-14)21-11-5-7-15(20-21)6-4-8-16(12-18)22-2/h4-6,8-11,13H,3,7,12H2,1-2H3/b6-4+,16-8-. The molecule has 1 aliphatic heterocycles. The minimum atomic E-state index is 0.844. The van der Waals surface area contributed by atoms with Crippen LogP contribution in [0.15, 0.2) is 58.8 Å². The Morgan fingerprint density at radius 1 is 1.45 bits per heavy atom. The number of halogens is 1. The van der Waals surface area contributed by atoms with Crippen molar-refractivity contribution in [2.75, 3.05) is 16.6 Å². The lowest BCUT2D eigenvalue weighted by Gasteiger charge is -2.18. The van der Waals surface area contributed by atoms with E-state index in [1.54, 1.807) is 11.8 Å². The molecule has 0 saturated heterocycles. The van der Waals surface area contributed by atoms with Crippen molar-refractivity contribution in [1.82, 2.24) is 4.98 Å². The van der Waals surface area contributed by atoms with Gasteiger partial charge < -0.3 is 0 Å². The molecule has 0 atom stereocenters. The zero-order valence-corrected chi connectivity index (χ0v) is 15.3. The molecule has 2 heterocycles. The molecule has 0 spiro atoms. The molecule has 1 aromatic rings. The third-order valence-corrected chi connectivity index (χ3v) is 5.01. The highest BCUT2D eigenvalue weighted by Gasteiger charge is 2.08. The van der Waals surface area contributed by atoms with Crippen molar-refractivity contribution in [3.8, 4) is 0 Å². The monoisotopic (exact) mass is 377 g/mol. The summed E-state index contributed by atoms with van der Waals surface area (Å²) in [4.78, 5) is 5.75. The molecule has 3 nitrogen and oxygen atoms in total. The van der Waals surface area contributed by atoms with E-state index in [9.17, 15) is 0 Å². The predicted octanol–water partition coefficient (Wildman–Crippen LogP) is 4.92. The zero-order valence-electron chi connectivity index (χ0n) is 12.9. The number of hydrazone groups is 1. The average Bonchev–Trinajstić information content (AvgIpc) is 2.59. The van der Waals surface area contributed by atoms with Gasteiger partial charge in [-0.3, -0.25) is 0 Å². The van der Waals surface area contributed by atoms with Crippen LogP contribution in [0.4, 0.5) is 5.82 Å². The van der Waals surface area contributed by atoms with Gasteiger partial charge >= 0.3 is 0 Å². The fraction of sp³-hybridized carbons (Fsp3) is 0.294. The lowest BCUT2D eigenvalue weighted by molar-refractivity contribution is 0.987. The number of anilines is 1. The molecular weight excluding hydrogens is 358 g/mol. The summed E-state index contributed by atoms with van der Waals surface area (Å²) in [5.74, 6) is 0.847. The van der Waals surface area contributed by atoms with E-state index in [1.165, 1.54) is 10.5 Å². The molecule has 1 aliphatic rings. The largest absolute Gasteiger partial charge is 0.237 e. The maximum Gasteiger partial charge on any atom is 0.153 e. The average molecular weight is 378 g/mol. The molecule has 1 aromatic heterocycles. The molecule has 0 bridgehead atoms. The summed E-state index contributed by atoms with van der Waals surface area (Å²) in [6.07, 6.45) is 16.1. The number of hydrogen-bond donors (Lipinski definition) is 0. The van der Waals surface area contributed by atoms with Crippen molar-refractivity contribution in [3.63, 3.8) is 0 Å². The van der Waals surface area contributed by atoms with Crippen LogP contribution < -0.4 is 5.01 Å². The lowest BCUT2D eigenvalue weighted by Crippen LogP contribution is -2.15. The zero-order chi connectivity index (χ0) is 15.8. The number of aromatic nitrogens is 1. The maximum absolute atomic E-state index is 4.62. The topological polar surface area (TPSA) is 28.5 Å². The number of hydrogen-bond acceptors (Lipinski definition) is 4. The summed E-state index contributed by atoms with van der Waals surface area (Å²) in [7, 11) is 0. The van der Waals surface area contributed by atoms with Crippen molar-refractivity contribution < 1.29 is 0 Å². The summed E-state index contributed by atoms with van der Waals surface area (Å²) in [5, 5.41) is 7.33. The van der Waals surface area contributed by atoms with E-state index in [2.05, 4.69) is 69.6 Å². The first kappa shape index (κ1) is 17.0. The Morgan fingerprint density at radius 3 is 2.95 bits per heavy atom. The summed E-state index contributed by atoms with van der Waals surface area (Å²) < 4.78 is 0. The predicted molar refractivity (Wildman–Crippen MR) is 102 cm³/mol. The molecule has 0 amide bonds. The quantitative estimate of drug-likeness (QED) is 0.520. The summed E-state index contributed by atoms with van der Waals surface area (Å²) in [5.41, 5.74) is 2.26. The number of rotatable bonds is 6. The van der Waals surface area contributed by atoms with E-state index in [0.717, 1.165) is 29.7 Å². The van der Waals surface area contributed by atoms with E-state index >= 15 is 0 Å². The van der Waals surface area contributed by atoms with Crippen LogP contribution >= 0.6 is 27.7 Å². The highest BCUT2D eigenvalue weighted by atomic mass is 79.9. The Balaban J connectivity index is 2.09. The van der Waals surface area contributed by atoms with Crippen LogP contribution in [0, 0.1) is 0 Å². The van der Waals surface area contributed by atoms with Gasteiger partial charge in [0.25, 0.3) is 0 Å². The van der Waals surface area contributed by atoms with Crippen molar-refractivity contribution in [2.24, 2.45) is 5.10 Å². The molecule has 0 N–H and O–H groups in total. The van der Waals surface area contributed by atoms with Crippen LogP contribution in [0.1, 0.15) is 18.9 Å². The van der Waals surface area contributed by atoms with Crippen LogP contribution in [0.25, 0.3) is 0 Å². The number of alkyl halides is 1. The molecule has 2 rings (SSSR count). The van der Waals surface area contributed by atoms with Gasteiger partial charge in [0.05, 0.1) is 5.71 Å². The molecule has 0 radical (unpaired) electrons. The van der Waals surface area contributed by atoms with Gasteiger partial charge in [-0.15, -0.1) is 11.8 Å². The Hall–Kier alpha value is -1.33. The van der Waals surface area contributed by atoms with E-state index in [-0.39, 0.29) is 0 Å². The van der Waals surface area contributed by atoms with E-state index in [0.29, 0.717) is 0 Å². The van der Waals surface area contributed by atoms with Crippen LogP contribution in [0.3, 0.4) is 0 Å². The highest BCUT2D eigenvalue weighted by molar-refractivity contribution is 9.09. The minimum absolute atomic E-state index is 0.844. The number of pyridine rings is 1. The number of allylic oxidation sites excluding steroid dienone is 5. The fourth-order valence-corrected chi connectivity index (χ4v) is 3.11. The van der Waals surface area contributed by atoms with Gasteiger partial charge in [-0.1, -0.05) is 47.1 Å². The van der Waals surface area contributed by atoms with Gasteiger partial charge in [0.2, 0.25) is 0 Å². The summed E-state index contributed by atoms with van der Waals surface area (Å²) >= 11 is 5.22. The van der Waals surface area contributed by atoms with E-state index in [1.807, 2.05) is 23.5 Å². The third-order valence-electron chi connectivity index (χ3n) is 3.23. The normalized spacial score (nSPS) is 15.5. The molecule has 5 heteroatoms. The van der Waals surface area contributed by atoms with Crippen molar-refractivity contribution in [3.05, 3.63) is 59.3 Å². The molecule has 0 aliphatic carbocycles. The summed E-state index contributed by atoms with van der Waals surface area (Å²) in [6.45, 7) is 2.13. The smallest absolute Gasteiger partial charge is 0.153 e. The Bertz CT molecular complexity index is 597. The third kappa shape index (κ3) is 4.85. The van der Waals surface area contributed by atoms with Crippen LogP contribution in [-0.2, 0) is 6.42 Å². The molecule has 116 valence electrons. The van der Waals surface area contributed by atoms with E-state index in [4.69, 9.17) is 0 Å². The molecule has 0 unspecified atom stereocenters. The first-order valence-electron chi connectivity index (χ1n) is 7.22. The lowest BCUT2D eigenvalue weighted by atomic mass is 10.2. The second-order valence-electron chi connectivity index (χ2n) is 4.73. The number of nitrogens with zero attached hydrogens (tertiary/aromatic N) is 3. The Morgan fingerprint density at radius 2 is 2.32 bits per heavy atom. The van der Waals surface area contributed by atoms with Crippen molar-refractivity contribution in [2.45, 2.75) is 19.8 Å². The first-order valence-corrected chi connectivity index (χ1v) is 9.57. The van der Waals surface area contributed by atoms with Gasteiger partial charge in [-0.25, -0.2) is 9.99 Å². The fourth-order valence-electron chi connectivity index (χ4n) is 1.91. The summed E-state index contributed by atoms with van der Waals surface area (Å²) in [6, 6.07) is 4.11. The van der Waals surface area contributed by atoms with E-state index < -0.39 is 0 Å². The number of thioether (sulfide) groups is 1. The number of aryl methyl sites for hydroxylation is 1. The molecule has 0 saturated carbocycles. The Labute approximate surface area is 145 Å². The van der Waals surface area contributed by atoms with Gasteiger partial charge in [0.15, 0.2) is 5.82 Å². The Kier molecular flexibility index (Phi) is 6.93. The van der Waals surface area contributed by atoms with Gasteiger partial charge in [0.1, 0.15) is 0 Å². The maximum atomic E-state index is 4.62. The van der Waals surface area contributed by atoms with Gasteiger partial charge in [-0.05, 0) is 35.3 Å².